The van der Waals surface area contributed by atoms with Crippen molar-refractivity contribution >= 4 is 5.91 Å². The Labute approximate surface area is 128 Å². The molecule has 0 radical (unpaired) electrons. The van der Waals surface area contributed by atoms with Gasteiger partial charge in [0.1, 0.15) is 11.3 Å². The van der Waals surface area contributed by atoms with E-state index in [4.69, 9.17) is 15.6 Å². The van der Waals surface area contributed by atoms with E-state index in [1.165, 1.54) is 0 Å². The molecule has 6 nitrogen and oxygen atoms in total. The van der Waals surface area contributed by atoms with Crippen molar-refractivity contribution in [3.8, 4) is 11.6 Å². The summed E-state index contributed by atoms with van der Waals surface area (Å²) in [6.07, 6.45) is 2.15. The van der Waals surface area contributed by atoms with Crippen LogP contribution in [0.5, 0.6) is 11.6 Å². The molecule has 0 bridgehead atoms. The van der Waals surface area contributed by atoms with Gasteiger partial charge in [0.15, 0.2) is 0 Å². The second-order valence-corrected chi connectivity index (χ2v) is 4.83. The zero-order valence-corrected chi connectivity index (χ0v) is 12.3. The van der Waals surface area contributed by atoms with Crippen molar-refractivity contribution < 1.29 is 14.6 Å². The number of pyridine rings is 1. The lowest BCUT2D eigenvalue weighted by Gasteiger charge is -2.11. The predicted molar refractivity (Wildman–Crippen MR) is 82.9 cm³/mol. The van der Waals surface area contributed by atoms with Gasteiger partial charge in [-0.2, -0.15) is 0 Å². The molecule has 0 unspecified atom stereocenters. The van der Waals surface area contributed by atoms with Crippen LogP contribution in [0.3, 0.4) is 0 Å². The Kier molecular flexibility index (Phi) is 5.46. The molecule has 6 heteroatoms. The lowest BCUT2D eigenvalue weighted by atomic mass is 10.1. The fourth-order valence-electron chi connectivity index (χ4n) is 1.95. The number of nitrogens with two attached hydrogens (primary N) is 1. The number of ether oxygens (including phenoxy) is 1. The SMILES string of the molecule is CNC(=O)c1cccnc1Oc1ccc(C[C@H](N)CO)cc1. The van der Waals surface area contributed by atoms with Crippen LogP contribution in [-0.2, 0) is 6.42 Å². The molecule has 0 fully saturated rings. The molecule has 0 saturated heterocycles. The summed E-state index contributed by atoms with van der Waals surface area (Å²) in [5, 5.41) is 11.5. The van der Waals surface area contributed by atoms with E-state index in [1.807, 2.05) is 12.1 Å². The quantitative estimate of drug-likeness (QED) is 0.742. The summed E-state index contributed by atoms with van der Waals surface area (Å²) in [5.74, 6) is 0.570. The fourth-order valence-corrected chi connectivity index (χ4v) is 1.95. The average molecular weight is 301 g/mol. The molecule has 1 atom stereocenters. The Morgan fingerprint density at radius 1 is 1.36 bits per heavy atom. The first-order valence-electron chi connectivity index (χ1n) is 6.94. The van der Waals surface area contributed by atoms with E-state index in [0.29, 0.717) is 17.7 Å². The van der Waals surface area contributed by atoms with Crippen LogP contribution in [0.1, 0.15) is 15.9 Å². The molecule has 0 aliphatic rings. The molecular weight excluding hydrogens is 282 g/mol. The summed E-state index contributed by atoms with van der Waals surface area (Å²) in [4.78, 5) is 15.9. The minimum absolute atomic E-state index is 0.0539. The van der Waals surface area contributed by atoms with E-state index in [1.54, 1.807) is 37.5 Å². The number of aromatic nitrogens is 1. The molecule has 2 aromatic rings. The molecule has 1 aromatic heterocycles. The maximum atomic E-state index is 11.8. The molecule has 4 N–H and O–H groups in total. The first kappa shape index (κ1) is 15.9. The second-order valence-electron chi connectivity index (χ2n) is 4.83. The maximum absolute atomic E-state index is 11.8. The highest BCUT2D eigenvalue weighted by Gasteiger charge is 2.12. The van der Waals surface area contributed by atoms with Gasteiger partial charge in [0, 0.05) is 19.3 Å². The summed E-state index contributed by atoms with van der Waals surface area (Å²) in [5.41, 5.74) is 7.07. The molecule has 1 aromatic carbocycles. The highest BCUT2D eigenvalue weighted by Crippen LogP contribution is 2.23. The van der Waals surface area contributed by atoms with Crippen molar-refractivity contribution in [2.24, 2.45) is 5.73 Å². The van der Waals surface area contributed by atoms with Gasteiger partial charge in [0.05, 0.1) is 6.61 Å². The number of hydrogen-bond acceptors (Lipinski definition) is 5. The summed E-state index contributed by atoms with van der Waals surface area (Å²) in [6.45, 7) is -0.0539. The Morgan fingerprint density at radius 3 is 2.73 bits per heavy atom. The third-order valence-corrected chi connectivity index (χ3v) is 3.11. The van der Waals surface area contributed by atoms with Gasteiger partial charge < -0.3 is 20.9 Å². The van der Waals surface area contributed by atoms with Gasteiger partial charge in [0.25, 0.3) is 5.91 Å². The molecule has 0 saturated carbocycles. The van der Waals surface area contributed by atoms with Crippen molar-refractivity contribution in [1.29, 1.82) is 0 Å². The van der Waals surface area contributed by atoms with Gasteiger partial charge in [-0.05, 0) is 36.2 Å². The Balaban J connectivity index is 2.13. The number of hydrogen-bond donors (Lipinski definition) is 3. The molecule has 116 valence electrons. The third kappa shape index (κ3) is 4.03. The lowest BCUT2D eigenvalue weighted by Crippen LogP contribution is -2.26. The summed E-state index contributed by atoms with van der Waals surface area (Å²) >= 11 is 0. The molecule has 0 aliphatic heterocycles. The monoisotopic (exact) mass is 301 g/mol. The summed E-state index contributed by atoms with van der Waals surface area (Å²) < 4.78 is 5.67. The molecule has 0 aliphatic carbocycles. The minimum atomic E-state index is -0.276. The van der Waals surface area contributed by atoms with Crippen LogP contribution in [0.25, 0.3) is 0 Å². The van der Waals surface area contributed by atoms with E-state index in [0.717, 1.165) is 5.56 Å². The normalized spacial score (nSPS) is 11.8. The van der Waals surface area contributed by atoms with Crippen LogP contribution in [0.2, 0.25) is 0 Å². The predicted octanol–water partition coefficient (Wildman–Crippen LogP) is 1.10. The van der Waals surface area contributed by atoms with Crippen LogP contribution in [-0.4, -0.2) is 35.7 Å². The number of rotatable bonds is 6. The number of carbonyl (C=O) groups is 1. The van der Waals surface area contributed by atoms with Gasteiger partial charge in [0.2, 0.25) is 5.88 Å². The number of benzene rings is 1. The van der Waals surface area contributed by atoms with Crippen molar-refractivity contribution in [3.05, 3.63) is 53.7 Å². The Morgan fingerprint density at radius 2 is 2.09 bits per heavy atom. The van der Waals surface area contributed by atoms with E-state index in [9.17, 15) is 4.79 Å². The van der Waals surface area contributed by atoms with Gasteiger partial charge in [-0.3, -0.25) is 4.79 Å². The van der Waals surface area contributed by atoms with Gasteiger partial charge in [-0.25, -0.2) is 4.98 Å². The lowest BCUT2D eigenvalue weighted by molar-refractivity contribution is 0.0960. The number of amides is 1. The maximum Gasteiger partial charge on any atom is 0.256 e. The van der Waals surface area contributed by atoms with Gasteiger partial charge in [-0.15, -0.1) is 0 Å². The van der Waals surface area contributed by atoms with Crippen molar-refractivity contribution in [3.63, 3.8) is 0 Å². The average Bonchev–Trinajstić information content (AvgIpc) is 2.56. The minimum Gasteiger partial charge on any atom is -0.438 e. The smallest absolute Gasteiger partial charge is 0.256 e. The van der Waals surface area contributed by atoms with Crippen LogP contribution in [0, 0.1) is 0 Å². The van der Waals surface area contributed by atoms with Crippen LogP contribution >= 0.6 is 0 Å². The molecule has 2 rings (SSSR count). The van der Waals surface area contributed by atoms with Crippen molar-refractivity contribution in [2.45, 2.75) is 12.5 Å². The number of nitrogens with zero attached hydrogens (tertiary/aromatic N) is 1. The second kappa shape index (κ2) is 7.53. The van der Waals surface area contributed by atoms with E-state index in [2.05, 4.69) is 10.3 Å². The molecule has 22 heavy (non-hydrogen) atoms. The topological polar surface area (TPSA) is 97.5 Å². The fraction of sp³-hybridized carbons (Fsp3) is 0.250. The summed E-state index contributed by atoms with van der Waals surface area (Å²) in [7, 11) is 1.55. The Hall–Kier alpha value is -2.44. The van der Waals surface area contributed by atoms with E-state index >= 15 is 0 Å². The standard InChI is InChI=1S/C16H19N3O3/c1-18-15(21)14-3-2-8-19-16(14)22-13-6-4-11(5-7-13)9-12(17)10-20/h2-8,12,20H,9-10,17H2,1H3,(H,18,21)/t12-/m0/s1. The largest absolute Gasteiger partial charge is 0.438 e. The molecular formula is C16H19N3O3. The molecule has 1 amide bonds. The zero-order chi connectivity index (χ0) is 15.9. The molecule has 0 spiro atoms. The Bertz CT molecular complexity index is 629. The van der Waals surface area contributed by atoms with Crippen molar-refractivity contribution in [1.82, 2.24) is 10.3 Å². The number of aliphatic hydroxyl groups excluding tert-OH is 1. The third-order valence-electron chi connectivity index (χ3n) is 3.11. The first-order chi connectivity index (χ1) is 10.6. The number of aliphatic hydroxyl groups is 1. The summed E-state index contributed by atoms with van der Waals surface area (Å²) in [6, 6.07) is 10.3. The zero-order valence-electron chi connectivity index (χ0n) is 12.3. The van der Waals surface area contributed by atoms with Crippen LogP contribution in [0.15, 0.2) is 42.6 Å². The van der Waals surface area contributed by atoms with Gasteiger partial charge in [-0.1, -0.05) is 12.1 Å². The highest BCUT2D eigenvalue weighted by molar-refractivity contribution is 5.96. The van der Waals surface area contributed by atoms with E-state index in [-0.39, 0.29) is 24.4 Å². The van der Waals surface area contributed by atoms with Gasteiger partial charge >= 0.3 is 0 Å². The van der Waals surface area contributed by atoms with E-state index < -0.39 is 0 Å². The first-order valence-corrected chi connectivity index (χ1v) is 6.94. The number of nitrogens with one attached hydrogen (secondary N) is 1. The molecule has 1 heterocycles. The van der Waals surface area contributed by atoms with Crippen LogP contribution in [0.4, 0.5) is 0 Å². The number of carbonyl (C=O) groups excluding carboxylic acids is 1. The van der Waals surface area contributed by atoms with Crippen LogP contribution < -0.4 is 15.8 Å². The van der Waals surface area contributed by atoms with Crippen molar-refractivity contribution in [2.75, 3.05) is 13.7 Å². The highest BCUT2D eigenvalue weighted by atomic mass is 16.5.